The van der Waals surface area contributed by atoms with E-state index in [-0.39, 0.29) is 10.6 Å². The third-order valence-corrected chi connectivity index (χ3v) is 3.04. The van der Waals surface area contributed by atoms with Gasteiger partial charge in [-0.15, -0.1) is 0 Å². The second kappa shape index (κ2) is 6.58. The lowest BCUT2D eigenvalue weighted by Gasteiger charge is -2.19. The molecule has 0 aromatic heterocycles. The van der Waals surface area contributed by atoms with E-state index in [4.69, 9.17) is 11.6 Å². The number of esters is 1. The maximum absolute atomic E-state index is 12.2. The molecule has 0 saturated heterocycles. The molecule has 0 aliphatic rings. The predicted molar refractivity (Wildman–Crippen MR) is 68.0 cm³/mol. The monoisotopic (exact) mass is 359 g/mol. The summed E-state index contributed by atoms with van der Waals surface area (Å²) in [6.07, 6.45) is -4.44. The number of hydrogen-bond acceptors (Lipinski definition) is 3. The number of hydrogen-bond donors (Lipinski definition) is 1. The van der Waals surface area contributed by atoms with Crippen molar-refractivity contribution in [2.75, 3.05) is 13.7 Å². The lowest BCUT2D eigenvalue weighted by atomic mass is 10.1. The standard InChI is InChI=1S/C11H10BrClF3NO2/c1-19-10(18)9(17-5-11(14,15)16)7-3-2-6(12)4-8(7)13/h2-4,9,17H,5H2,1H3. The summed E-state index contributed by atoms with van der Waals surface area (Å²) in [6, 6.07) is 3.25. The van der Waals surface area contributed by atoms with Crippen molar-refractivity contribution in [2.45, 2.75) is 12.2 Å². The van der Waals surface area contributed by atoms with Crippen molar-refractivity contribution in [1.82, 2.24) is 5.32 Å². The van der Waals surface area contributed by atoms with Crippen molar-refractivity contribution in [3.8, 4) is 0 Å². The van der Waals surface area contributed by atoms with E-state index >= 15 is 0 Å². The molecule has 19 heavy (non-hydrogen) atoms. The van der Waals surface area contributed by atoms with Crippen molar-refractivity contribution in [3.05, 3.63) is 33.3 Å². The highest BCUT2D eigenvalue weighted by Gasteiger charge is 2.32. The summed E-state index contributed by atoms with van der Waals surface area (Å²) in [5, 5.41) is 2.25. The van der Waals surface area contributed by atoms with Gasteiger partial charge in [-0.1, -0.05) is 33.6 Å². The fourth-order valence-corrected chi connectivity index (χ4v) is 2.17. The van der Waals surface area contributed by atoms with Crippen LogP contribution in [0.3, 0.4) is 0 Å². The zero-order valence-corrected chi connectivity index (χ0v) is 12.1. The van der Waals surface area contributed by atoms with E-state index in [0.717, 1.165) is 7.11 Å². The summed E-state index contributed by atoms with van der Waals surface area (Å²) >= 11 is 9.09. The lowest BCUT2D eigenvalue weighted by molar-refractivity contribution is -0.146. The van der Waals surface area contributed by atoms with Crippen LogP contribution in [0.25, 0.3) is 0 Å². The van der Waals surface area contributed by atoms with Gasteiger partial charge in [0.1, 0.15) is 6.04 Å². The molecule has 0 spiro atoms. The number of benzene rings is 1. The van der Waals surface area contributed by atoms with Crippen LogP contribution < -0.4 is 5.32 Å². The maximum Gasteiger partial charge on any atom is 0.401 e. The fourth-order valence-electron chi connectivity index (χ4n) is 1.39. The zero-order chi connectivity index (χ0) is 14.6. The molecule has 0 saturated carbocycles. The van der Waals surface area contributed by atoms with Gasteiger partial charge >= 0.3 is 12.1 Å². The summed E-state index contributed by atoms with van der Waals surface area (Å²) in [4.78, 5) is 11.5. The van der Waals surface area contributed by atoms with Gasteiger partial charge in [-0.25, -0.2) is 4.79 Å². The third kappa shape index (κ3) is 5.00. The average Bonchev–Trinajstić information content (AvgIpc) is 2.29. The Labute approximate surface area is 121 Å². The summed E-state index contributed by atoms with van der Waals surface area (Å²) in [6.45, 7) is -1.32. The molecule has 106 valence electrons. The van der Waals surface area contributed by atoms with Gasteiger partial charge in [-0.3, -0.25) is 5.32 Å². The highest BCUT2D eigenvalue weighted by Crippen LogP contribution is 2.28. The molecule has 1 N–H and O–H groups in total. The molecule has 0 amide bonds. The second-order valence-corrected chi connectivity index (χ2v) is 4.94. The van der Waals surface area contributed by atoms with Gasteiger partial charge in [-0.2, -0.15) is 13.2 Å². The van der Waals surface area contributed by atoms with Crippen LogP contribution in [-0.4, -0.2) is 25.8 Å². The predicted octanol–water partition coefficient (Wildman–Crippen LogP) is 3.47. The SMILES string of the molecule is COC(=O)C(NCC(F)(F)F)c1ccc(Br)cc1Cl. The Morgan fingerprint density at radius 1 is 1.53 bits per heavy atom. The molecule has 1 rings (SSSR count). The van der Waals surface area contributed by atoms with Crippen LogP contribution in [0.5, 0.6) is 0 Å². The first kappa shape index (κ1) is 16.3. The minimum absolute atomic E-state index is 0.166. The van der Waals surface area contributed by atoms with E-state index in [1.165, 1.54) is 12.1 Å². The van der Waals surface area contributed by atoms with Crippen molar-refractivity contribution in [1.29, 1.82) is 0 Å². The minimum Gasteiger partial charge on any atom is -0.468 e. The van der Waals surface area contributed by atoms with E-state index in [1.807, 2.05) is 0 Å². The number of methoxy groups -OCH3 is 1. The van der Waals surface area contributed by atoms with E-state index in [9.17, 15) is 18.0 Å². The molecule has 0 heterocycles. The zero-order valence-electron chi connectivity index (χ0n) is 9.72. The molecule has 0 radical (unpaired) electrons. The Morgan fingerprint density at radius 2 is 2.16 bits per heavy atom. The maximum atomic E-state index is 12.2. The molecular formula is C11H10BrClF3NO2. The number of alkyl halides is 3. The molecule has 8 heteroatoms. The van der Waals surface area contributed by atoms with Crippen molar-refractivity contribution in [3.63, 3.8) is 0 Å². The molecule has 0 aliphatic heterocycles. The van der Waals surface area contributed by atoms with Crippen LogP contribution in [0.4, 0.5) is 13.2 Å². The second-order valence-electron chi connectivity index (χ2n) is 3.62. The van der Waals surface area contributed by atoms with Gasteiger partial charge in [0.25, 0.3) is 0 Å². The molecule has 1 unspecified atom stereocenters. The molecule has 1 aromatic carbocycles. The lowest BCUT2D eigenvalue weighted by Crippen LogP contribution is -2.36. The molecule has 0 bridgehead atoms. The molecule has 1 aromatic rings. The number of rotatable bonds is 4. The van der Waals surface area contributed by atoms with Gasteiger partial charge in [0.2, 0.25) is 0 Å². The topological polar surface area (TPSA) is 38.3 Å². The number of carbonyl (C=O) groups is 1. The first-order chi connectivity index (χ1) is 8.74. The molecule has 0 fully saturated rings. The van der Waals surface area contributed by atoms with Crippen LogP contribution in [0.1, 0.15) is 11.6 Å². The van der Waals surface area contributed by atoms with Gasteiger partial charge in [0.15, 0.2) is 0 Å². The third-order valence-electron chi connectivity index (χ3n) is 2.22. The van der Waals surface area contributed by atoms with Gasteiger partial charge in [-0.05, 0) is 17.7 Å². The largest absolute Gasteiger partial charge is 0.468 e. The smallest absolute Gasteiger partial charge is 0.401 e. The summed E-state index contributed by atoms with van der Waals surface area (Å²) in [5.41, 5.74) is 0.223. The van der Waals surface area contributed by atoms with Crippen molar-refractivity contribution in [2.24, 2.45) is 0 Å². The number of carbonyl (C=O) groups excluding carboxylic acids is 1. The summed E-state index contributed by atoms with van der Waals surface area (Å²) < 4.78 is 41.8. The number of ether oxygens (including phenoxy) is 1. The van der Waals surface area contributed by atoms with Gasteiger partial charge in [0, 0.05) is 9.50 Å². The highest BCUT2D eigenvalue weighted by atomic mass is 79.9. The quantitative estimate of drug-likeness (QED) is 0.836. The van der Waals surface area contributed by atoms with Crippen LogP contribution in [0, 0.1) is 0 Å². The molecule has 1 atom stereocenters. The Balaban J connectivity index is 3.00. The van der Waals surface area contributed by atoms with E-state index in [0.29, 0.717) is 4.47 Å². The van der Waals surface area contributed by atoms with Gasteiger partial charge < -0.3 is 4.74 Å². The van der Waals surface area contributed by atoms with Crippen LogP contribution in [-0.2, 0) is 9.53 Å². The molecule has 0 aliphatic carbocycles. The Morgan fingerprint density at radius 3 is 2.63 bits per heavy atom. The normalized spacial score (nSPS) is 13.2. The summed E-state index contributed by atoms with van der Waals surface area (Å²) in [7, 11) is 1.09. The van der Waals surface area contributed by atoms with E-state index < -0.39 is 24.7 Å². The average molecular weight is 361 g/mol. The van der Waals surface area contributed by atoms with E-state index in [1.54, 1.807) is 6.07 Å². The van der Waals surface area contributed by atoms with Gasteiger partial charge in [0.05, 0.1) is 13.7 Å². The fraction of sp³-hybridized carbons (Fsp3) is 0.364. The van der Waals surface area contributed by atoms with Crippen LogP contribution in [0.15, 0.2) is 22.7 Å². The first-order valence-electron chi connectivity index (χ1n) is 5.07. The molecular weight excluding hydrogens is 350 g/mol. The Kier molecular flexibility index (Phi) is 5.64. The van der Waals surface area contributed by atoms with Crippen molar-refractivity contribution < 1.29 is 22.7 Å². The Bertz CT molecular complexity index is 468. The van der Waals surface area contributed by atoms with Crippen molar-refractivity contribution >= 4 is 33.5 Å². The number of nitrogens with one attached hydrogen (secondary N) is 1. The van der Waals surface area contributed by atoms with E-state index in [2.05, 4.69) is 26.0 Å². The summed E-state index contributed by atoms with van der Waals surface area (Å²) in [5.74, 6) is -0.839. The molecule has 3 nitrogen and oxygen atoms in total. The first-order valence-corrected chi connectivity index (χ1v) is 6.24. The van der Waals surface area contributed by atoms with Crippen LogP contribution >= 0.6 is 27.5 Å². The van der Waals surface area contributed by atoms with Crippen LogP contribution in [0.2, 0.25) is 5.02 Å². The minimum atomic E-state index is -4.44. The Hall–Kier alpha value is -0.790. The number of halogens is 5. The highest BCUT2D eigenvalue weighted by molar-refractivity contribution is 9.10.